The van der Waals surface area contributed by atoms with Gasteiger partial charge in [0.1, 0.15) is 0 Å². The summed E-state index contributed by atoms with van der Waals surface area (Å²) in [7, 11) is 0. The fourth-order valence-corrected chi connectivity index (χ4v) is 3.27. The van der Waals surface area contributed by atoms with Crippen molar-refractivity contribution in [3.05, 3.63) is 12.4 Å². The van der Waals surface area contributed by atoms with Gasteiger partial charge >= 0.3 is 5.96 Å². The second-order valence-corrected chi connectivity index (χ2v) is 10.9. The summed E-state index contributed by atoms with van der Waals surface area (Å²) in [5.41, 5.74) is 20.8. The number of hydrogen-bond acceptors (Lipinski definition) is 6. The monoisotopic (exact) mass is 527 g/mol. The van der Waals surface area contributed by atoms with Crippen LogP contribution in [-0.2, 0) is 0 Å². The molecule has 0 radical (unpaired) electrons. The fourth-order valence-electron chi connectivity index (χ4n) is 3.27. The molecule has 2 fully saturated rings. The average molecular weight is 527 g/mol. The smallest absolute Gasteiger partial charge is 0.338 e. The third-order valence-corrected chi connectivity index (χ3v) is 5.15. The Kier molecular flexibility index (Phi) is 19.9. The lowest BCUT2D eigenvalue weighted by Gasteiger charge is -2.21. The predicted molar refractivity (Wildman–Crippen MR) is 160 cm³/mol. The number of rotatable bonds is 3. The summed E-state index contributed by atoms with van der Waals surface area (Å²) in [6.45, 7) is 28.0. The Morgan fingerprint density at radius 3 is 1.68 bits per heavy atom. The maximum atomic E-state index is 7.00. The summed E-state index contributed by atoms with van der Waals surface area (Å²) in [5, 5.41) is 13.3. The van der Waals surface area contributed by atoms with E-state index in [1.54, 1.807) is 0 Å². The van der Waals surface area contributed by atoms with E-state index in [-0.39, 0.29) is 11.9 Å². The molecular formula is C26H60N11+. The topological polar surface area (TPSA) is 185 Å². The summed E-state index contributed by atoms with van der Waals surface area (Å²) < 4.78 is 0. The number of nitrogens with two attached hydrogens (primary N) is 4. The molecule has 3 aliphatic heterocycles. The Bertz CT molecular complexity index is 671. The first-order valence-electron chi connectivity index (χ1n) is 13.6. The van der Waals surface area contributed by atoms with Crippen LogP contribution >= 0.6 is 0 Å². The second kappa shape index (κ2) is 20.2. The van der Waals surface area contributed by atoms with Crippen LogP contribution in [0.3, 0.4) is 0 Å². The molecule has 0 aromatic carbocycles. The maximum Gasteiger partial charge on any atom is 0.338 e. The molecule has 12 N–H and O–H groups in total. The van der Waals surface area contributed by atoms with Gasteiger partial charge in [0, 0.05) is 32.2 Å². The Morgan fingerprint density at radius 1 is 1.00 bits per heavy atom. The van der Waals surface area contributed by atoms with Crippen molar-refractivity contribution in [2.45, 2.75) is 93.3 Å². The number of aliphatic imine (C=N–C) groups is 1. The summed E-state index contributed by atoms with van der Waals surface area (Å²) in [5.74, 6) is 3.63. The zero-order valence-electron chi connectivity index (χ0n) is 25.2. The van der Waals surface area contributed by atoms with Crippen LogP contribution < -0.4 is 38.6 Å². The molecule has 11 nitrogen and oxygen atoms in total. The molecule has 0 spiro atoms. The van der Waals surface area contributed by atoms with Crippen LogP contribution in [0.2, 0.25) is 0 Å². The van der Waals surface area contributed by atoms with E-state index in [4.69, 9.17) is 28.3 Å². The molecule has 0 aromatic heterocycles. The highest BCUT2D eigenvalue weighted by atomic mass is 15.3. The highest BCUT2D eigenvalue weighted by molar-refractivity contribution is 5.79. The molecule has 11 heteroatoms. The van der Waals surface area contributed by atoms with Crippen molar-refractivity contribution >= 4 is 17.9 Å². The normalized spacial score (nSPS) is 17.8. The molecule has 37 heavy (non-hydrogen) atoms. The van der Waals surface area contributed by atoms with Crippen molar-refractivity contribution in [3.63, 3.8) is 0 Å². The largest absolute Gasteiger partial charge is 0.370 e. The third kappa shape index (κ3) is 21.0. The van der Waals surface area contributed by atoms with Crippen molar-refractivity contribution in [2.75, 3.05) is 32.7 Å². The van der Waals surface area contributed by atoms with Gasteiger partial charge in [0.25, 0.3) is 0 Å². The molecule has 0 saturated carbocycles. The van der Waals surface area contributed by atoms with E-state index in [2.05, 4.69) is 80.6 Å². The van der Waals surface area contributed by atoms with Crippen LogP contribution in [0, 0.1) is 17.2 Å². The Morgan fingerprint density at radius 2 is 1.51 bits per heavy atom. The summed E-state index contributed by atoms with van der Waals surface area (Å²) >= 11 is 0. The molecule has 3 rings (SSSR count). The molecule has 0 bridgehead atoms. The lowest BCUT2D eigenvalue weighted by Crippen LogP contribution is -2.82. The summed E-state index contributed by atoms with van der Waals surface area (Å²) in [6, 6.07) is 1.39. The zero-order valence-corrected chi connectivity index (χ0v) is 25.2. The zero-order chi connectivity index (χ0) is 29.1. The van der Waals surface area contributed by atoms with Crippen LogP contribution in [0.5, 0.6) is 0 Å². The van der Waals surface area contributed by atoms with Gasteiger partial charge in [-0.3, -0.25) is 26.9 Å². The van der Waals surface area contributed by atoms with Crippen LogP contribution in [0.25, 0.3) is 0 Å². The summed E-state index contributed by atoms with van der Waals surface area (Å²) in [4.78, 5) is 11.0. The molecule has 3 heterocycles. The SMILES string of the molecule is C=C1NCCN1C(C)C.CC(C)C.CC(C)C1CN=C(N)N1.CC(C)[NH+]=C(N)N.N=C(N)N1CCCC1. The van der Waals surface area contributed by atoms with E-state index in [0.29, 0.717) is 30.0 Å². The van der Waals surface area contributed by atoms with Gasteiger partial charge in [-0.05, 0) is 52.4 Å². The third-order valence-electron chi connectivity index (χ3n) is 5.15. The van der Waals surface area contributed by atoms with Gasteiger partial charge < -0.3 is 31.9 Å². The second-order valence-electron chi connectivity index (χ2n) is 10.9. The predicted octanol–water partition coefficient (Wildman–Crippen LogP) is 0.0869. The van der Waals surface area contributed by atoms with Gasteiger partial charge in [-0.1, -0.05) is 41.2 Å². The van der Waals surface area contributed by atoms with Crippen LogP contribution in [0.1, 0.15) is 75.2 Å². The number of likely N-dealkylation sites (tertiary alicyclic amines) is 1. The van der Waals surface area contributed by atoms with E-state index in [9.17, 15) is 0 Å². The number of guanidine groups is 3. The van der Waals surface area contributed by atoms with Crippen molar-refractivity contribution in [3.8, 4) is 0 Å². The highest BCUT2D eigenvalue weighted by Crippen LogP contribution is 2.08. The van der Waals surface area contributed by atoms with Gasteiger partial charge in [0.2, 0.25) is 0 Å². The Balaban J connectivity index is 0. The molecule has 0 aromatic rings. The van der Waals surface area contributed by atoms with E-state index in [0.717, 1.165) is 44.5 Å². The van der Waals surface area contributed by atoms with Gasteiger partial charge in [-0.15, -0.1) is 0 Å². The van der Waals surface area contributed by atoms with Crippen molar-refractivity contribution in [2.24, 2.45) is 39.8 Å². The van der Waals surface area contributed by atoms with Crippen LogP contribution in [-0.4, -0.2) is 78.5 Å². The lowest BCUT2D eigenvalue weighted by atomic mass is 10.1. The molecule has 0 amide bonds. The first-order chi connectivity index (χ1) is 17.1. The van der Waals surface area contributed by atoms with Gasteiger partial charge in [-0.2, -0.15) is 0 Å². The number of nitrogens with zero attached hydrogens (tertiary/aromatic N) is 3. The quantitative estimate of drug-likeness (QED) is 0.188. The molecule has 218 valence electrons. The van der Waals surface area contributed by atoms with Gasteiger partial charge in [0.15, 0.2) is 11.9 Å². The fraction of sp³-hybridized carbons (Fsp3) is 0.808. The molecule has 3 aliphatic rings. The lowest BCUT2D eigenvalue weighted by molar-refractivity contribution is -0.495. The molecule has 1 unspecified atom stereocenters. The van der Waals surface area contributed by atoms with Crippen molar-refractivity contribution in [1.29, 1.82) is 5.41 Å². The highest BCUT2D eigenvalue weighted by Gasteiger charge is 2.17. The first kappa shape index (κ1) is 36.3. The van der Waals surface area contributed by atoms with Crippen LogP contribution in [0.15, 0.2) is 17.4 Å². The molecule has 1 atom stereocenters. The first-order valence-corrected chi connectivity index (χ1v) is 13.6. The minimum absolute atomic E-state index is 0.225. The minimum Gasteiger partial charge on any atom is -0.370 e. The van der Waals surface area contributed by atoms with E-state index < -0.39 is 0 Å². The van der Waals surface area contributed by atoms with Gasteiger partial charge in [-0.25, -0.2) is 0 Å². The van der Waals surface area contributed by atoms with E-state index >= 15 is 0 Å². The molecule has 2 saturated heterocycles. The minimum atomic E-state index is 0.225. The van der Waals surface area contributed by atoms with E-state index in [1.807, 2.05) is 18.7 Å². The maximum absolute atomic E-state index is 7.00. The number of nitrogens with one attached hydrogen (secondary N) is 4. The molecule has 0 aliphatic carbocycles. The molecular weight excluding hydrogens is 466 g/mol. The number of hydrogen-bond donors (Lipinski definition) is 8. The average Bonchev–Trinajstić information content (AvgIpc) is 3.49. The van der Waals surface area contributed by atoms with Crippen LogP contribution in [0.4, 0.5) is 0 Å². The van der Waals surface area contributed by atoms with E-state index in [1.165, 1.54) is 12.8 Å². The van der Waals surface area contributed by atoms with Crippen molar-refractivity contribution in [1.82, 2.24) is 20.4 Å². The Hall–Kier alpha value is -2.85. The standard InChI is InChI=1S/C7H14N2.C6H13N3.C5H11N3.C4H11N3.C4H10/c1-6(2)9-5-4-8-7(9)3;1-4(2)5-3-8-6(7)9-5;6-5(7)8-3-1-2-4-8;1-3(2)7-4(5)6;1-4(2)3/h6,8H,3-5H2,1-2H3;4-5H,3H2,1-2H3,(H3,7,8,9);1-4H2,(H3,6,7);3H,1-2H3,(H4,5,6,7);4H,1-3H3/p+1. The summed E-state index contributed by atoms with van der Waals surface area (Å²) in [6.07, 6.45) is 2.39. The van der Waals surface area contributed by atoms with Gasteiger partial charge in [0.05, 0.1) is 24.4 Å². The Labute approximate surface area is 227 Å². The van der Waals surface area contributed by atoms with Crippen molar-refractivity contribution < 1.29 is 4.99 Å².